The Morgan fingerprint density at radius 3 is 2.64 bits per heavy atom. The molecule has 3 atom stereocenters. The van der Waals surface area contributed by atoms with Gasteiger partial charge in [-0.3, -0.25) is 4.79 Å². The fourth-order valence-corrected chi connectivity index (χ4v) is 2.28. The molecule has 0 aromatic carbocycles. The summed E-state index contributed by atoms with van der Waals surface area (Å²) in [6.45, 7) is 4.58. The van der Waals surface area contributed by atoms with Crippen LogP contribution in [0.15, 0.2) is 0 Å². The highest BCUT2D eigenvalue weighted by Gasteiger charge is 2.25. The zero-order chi connectivity index (χ0) is 10.6. The topological polar surface area (TPSA) is 29.1 Å². The number of thiol groups is 1. The standard InChI is InChI=1S/C11H21NOS/c1-8-3-4-10(7-9(8)2)12-11(13)5-6-14/h8-10,14H,3-7H2,1-2H3,(H,12,13). The van der Waals surface area contributed by atoms with E-state index < -0.39 is 0 Å². The van der Waals surface area contributed by atoms with Crippen LogP contribution < -0.4 is 5.32 Å². The van der Waals surface area contributed by atoms with E-state index in [-0.39, 0.29) is 5.91 Å². The van der Waals surface area contributed by atoms with Crippen molar-refractivity contribution in [1.82, 2.24) is 5.32 Å². The van der Waals surface area contributed by atoms with Crippen molar-refractivity contribution < 1.29 is 4.79 Å². The lowest BCUT2D eigenvalue weighted by Crippen LogP contribution is -2.39. The first-order valence-electron chi connectivity index (χ1n) is 5.53. The molecule has 0 aromatic rings. The smallest absolute Gasteiger partial charge is 0.221 e. The molecular weight excluding hydrogens is 194 g/mol. The molecule has 1 amide bonds. The quantitative estimate of drug-likeness (QED) is 0.695. The zero-order valence-electron chi connectivity index (χ0n) is 9.12. The Morgan fingerprint density at radius 2 is 2.07 bits per heavy atom. The summed E-state index contributed by atoms with van der Waals surface area (Å²) in [6.07, 6.45) is 4.07. The Balaban J connectivity index is 2.29. The van der Waals surface area contributed by atoms with Gasteiger partial charge >= 0.3 is 0 Å². The summed E-state index contributed by atoms with van der Waals surface area (Å²) < 4.78 is 0. The van der Waals surface area contributed by atoms with E-state index in [2.05, 4.69) is 31.8 Å². The van der Waals surface area contributed by atoms with Crippen molar-refractivity contribution in [2.45, 2.75) is 45.6 Å². The maximum Gasteiger partial charge on any atom is 0.221 e. The second kappa shape index (κ2) is 5.64. The van der Waals surface area contributed by atoms with E-state index in [4.69, 9.17) is 0 Å². The lowest BCUT2D eigenvalue weighted by Gasteiger charge is -2.32. The van der Waals surface area contributed by atoms with Crippen molar-refractivity contribution in [2.75, 3.05) is 5.75 Å². The van der Waals surface area contributed by atoms with Crippen LogP contribution in [0.2, 0.25) is 0 Å². The van der Waals surface area contributed by atoms with Gasteiger partial charge < -0.3 is 5.32 Å². The van der Waals surface area contributed by atoms with Crippen molar-refractivity contribution in [3.63, 3.8) is 0 Å². The fraction of sp³-hybridized carbons (Fsp3) is 0.909. The van der Waals surface area contributed by atoms with Gasteiger partial charge in [0.15, 0.2) is 0 Å². The molecule has 0 saturated heterocycles. The molecule has 82 valence electrons. The van der Waals surface area contributed by atoms with E-state index in [1.54, 1.807) is 0 Å². The van der Waals surface area contributed by atoms with E-state index in [0.717, 1.165) is 24.7 Å². The average molecular weight is 215 g/mol. The lowest BCUT2D eigenvalue weighted by atomic mass is 9.79. The SMILES string of the molecule is CC1CCC(NC(=O)CCS)CC1C. The van der Waals surface area contributed by atoms with Crippen LogP contribution >= 0.6 is 12.6 Å². The van der Waals surface area contributed by atoms with Gasteiger partial charge in [-0.25, -0.2) is 0 Å². The number of carbonyl (C=O) groups is 1. The molecule has 2 nitrogen and oxygen atoms in total. The zero-order valence-corrected chi connectivity index (χ0v) is 10.0. The van der Waals surface area contributed by atoms with Crippen LogP contribution in [0, 0.1) is 11.8 Å². The number of hydrogen-bond donors (Lipinski definition) is 2. The molecule has 0 spiro atoms. The molecule has 0 heterocycles. The van der Waals surface area contributed by atoms with Crippen molar-refractivity contribution in [2.24, 2.45) is 11.8 Å². The van der Waals surface area contributed by atoms with Gasteiger partial charge in [0.05, 0.1) is 0 Å². The summed E-state index contributed by atoms with van der Waals surface area (Å²) in [4.78, 5) is 11.3. The van der Waals surface area contributed by atoms with Gasteiger partial charge in [0.1, 0.15) is 0 Å². The average Bonchev–Trinajstić information content (AvgIpc) is 2.12. The van der Waals surface area contributed by atoms with Crippen molar-refractivity contribution in [3.05, 3.63) is 0 Å². The first-order valence-corrected chi connectivity index (χ1v) is 6.17. The van der Waals surface area contributed by atoms with Crippen molar-refractivity contribution in [1.29, 1.82) is 0 Å². The number of amides is 1. The molecule has 1 saturated carbocycles. The summed E-state index contributed by atoms with van der Waals surface area (Å²) in [6, 6.07) is 0.411. The normalized spacial score (nSPS) is 32.6. The number of hydrogen-bond acceptors (Lipinski definition) is 2. The Hall–Kier alpha value is -0.180. The van der Waals surface area contributed by atoms with E-state index >= 15 is 0 Å². The molecule has 1 aliphatic carbocycles. The third-order valence-electron chi connectivity index (χ3n) is 3.30. The molecule has 14 heavy (non-hydrogen) atoms. The second-order valence-corrected chi connectivity index (χ2v) is 4.95. The largest absolute Gasteiger partial charge is 0.353 e. The third-order valence-corrected chi connectivity index (χ3v) is 3.53. The molecule has 1 N–H and O–H groups in total. The number of carbonyl (C=O) groups excluding carboxylic acids is 1. The molecule has 1 fully saturated rings. The molecule has 1 aliphatic rings. The van der Waals surface area contributed by atoms with Crippen LogP contribution in [0.25, 0.3) is 0 Å². The summed E-state index contributed by atoms with van der Waals surface area (Å²) in [5, 5.41) is 3.08. The second-order valence-electron chi connectivity index (χ2n) is 4.51. The molecule has 3 heteroatoms. The lowest BCUT2D eigenvalue weighted by molar-refractivity contribution is -0.121. The summed E-state index contributed by atoms with van der Waals surface area (Å²) in [5.41, 5.74) is 0. The molecule has 0 bridgehead atoms. The molecule has 0 aliphatic heterocycles. The van der Waals surface area contributed by atoms with Gasteiger partial charge in [-0.2, -0.15) is 12.6 Å². The third kappa shape index (κ3) is 3.52. The van der Waals surface area contributed by atoms with Gasteiger partial charge in [0.2, 0.25) is 5.91 Å². The highest BCUT2D eigenvalue weighted by atomic mass is 32.1. The monoisotopic (exact) mass is 215 g/mol. The molecule has 0 radical (unpaired) electrons. The maximum atomic E-state index is 11.3. The Labute approximate surface area is 92.2 Å². The van der Waals surface area contributed by atoms with Gasteiger partial charge in [0, 0.05) is 12.5 Å². The predicted octanol–water partition coefficient (Wildman–Crippen LogP) is 2.25. The summed E-state index contributed by atoms with van der Waals surface area (Å²) in [5.74, 6) is 2.36. The molecule has 1 rings (SSSR count). The molecular formula is C11H21NOS. The van der Waals surface area contributed by atoms with Gasteiger partial charge in [-0.15, -0.1) is 0 Å². The van der Waals surface area contributed by atoms with E-state index in [9.17, 15) is 4.79 Å². The first-order chi connectivity index (χ1) is 6.63. The maximum absolute atomic E-state index is 11.3. The van der Waals surface area contributed by atoms with Gasteiger partial charge in [-0.1, -0.05) is 13.8 Å². The van der Waals surface area contributed by atoms with Crippen LogP contribution in [-0.4, -0.2) is 17.7 Å². The summed E-state index contributed by atoms with van der Waals surface area (Å²) in [7, 11) is 0. The minimum absolute atomic E-state index is 0.159. The first kappa shape index (κ1) is 11.9. The van der Waals surface area contributed by atoms with Crippen molar-refractivity contribution >= 4 is 18.5 Å². The summed E-state index contributed by atoms with van der Waals surface area (Å²) >= 11 is 4.05. The minimum atomic E-state index is 0.159. The Bertz CT molecular complexity index is 196. The molecule has 3 unspecified atom stereocenters. The van der Waals surface area contributed by atoms with Crippen molar-refractivity contribution in [3.8, 4) is 0 Å². The number of rotatable bonds is 3. The minimum Gasteiger partial charge on any atom is -0.353 e. The Kier molecular flexibility index (Phi) is 4.79. The van der Waals surface area contributed by atoms with E-state index in [1.807, 2.05) is 0 Å². The van der Waals surface area contributed by atoms with Gasteiger partial charge in [0.25, 0.3) is 0 Å². The highest BCUT2D eigenvalue weighted by Crippen LogP contribution is 2.29. The Morgan fingerprint density at radius 1 is 1.36 bits per heavy atom. The van der Waals surface area contributed by atoms with E-state index in [1.165, 1.54) is 6.42 Å². The van der Waals surface area contributed by atoms with E-state index in [0.29, 0.717) is 18.2 Å². The van der Waals surface area contributed by atoms with Gasteiger partial charge in [-0.05, 0) is 36.9 Å². The van der Waals surface area contributed by atoms with Crippen LogP contribution in [0.3, 0.4) is 0 Å². The molecule has 0 aromatic heterocycles. The van der Waals surface area contributed by atoms with Crippen LogP contribution in [0.4, 0.5) is 0 Å². The number of nitrogens with one attached hydrogen (secondary N) is 1. The predicted molar refractivity (Wildman–Crippen MR) is 62.6 cm³/mol. The van der Waals surface area contributed by atoms with Crippen LogP contribution in [0.1, 0.15) is 39.5 Å². The highest BCUT2D eigenvalue weighted by molar-refractivity contribution is 7.80. The van der Waals surface area contributed by atoms with Crippen LogP contribution in [-0.2, 0) is 4.79 Å². The van der Waals surface area contributed by atoms with Crippen LogP contribution in [0.5, 0.6) is 0 Å². The fourth-order valence-electron chi connectivity index (χ4n) is 2.08.